The molecule has 1 aliphatic heterocycles. The fraction of sp³-hybridized carbons (Fsp3) is 0.833. The largest absolute Gasteiger partial charge is 0.355 e. The Morgan fingerprint density at radius 3 is 2.88 bits per heavy atom. The molecule has 1 aliphatic carbocycles. The lowest BCUT2D eigenvalue weighted by molar-refractivity contribution is -0.122. The zero-order chi connectivity index (χ0) is 11.4. The molecule has 0 aromatic heterocycles. The van der Waals surface area contributed by atoms with Crippen LogP contribution in [0.15, 0.2) is 0 Å². The van der Waals surface area contributed by atoms with Gasteiger partial charge in [-0.15, -0.1) is 0 Å². The van der Waals surface area contributed by atoms with Crippen LogP contribution >= 0.6 is 0 Å². The Balaban J connectivity index is 1.73. The van der Waals surface area contributed by atoms with Crippen LogP contribution in [0.2, 0.25) is 0 Å². The highest BCUT2D eigenvalue weighted by Crippen LogP contribution is 2.27. The van der Waals surface area contributed by atoms with Gasteiger partial charge in [-0.1, -0.05) is 0 Å². The number of amides is 1. The highest BCUT2D eigenvalue weighted by Gasteiger charge is 2.25. The van der Waals surface area contributed by atoms with Gasteiger partial charge in [-0.25, -0.2) is 0 Å². The summed E-state index contributed by atoms with van der Waals surface area (Å²) >= 11 is 0. The van der Waals surface area contributed by atoms with Crippen LogP contribution < -0.4 is 5.32 Å². The summed E-state index contributed by atoms with van der Waals surface area (Å²) in [5.41, 5.74) is 0. The van der Waals surface area contributed by atoms with Gasteiger partial charge in [0, 0.05) is 6.54 Å². The average Bonchev–Trinajstić information content (AvgIpc) is 3.11. The van der Waals surface area contributed by atoms with Gasteiger partial charge in [-0.2, -0.15) is 5.26 Å². The predicted octanol–water partition coefficient (Wildman–Crippen LogP) is 0.891. The lowest BCUT2D eigenvalue weighted by atomic mass is 10.0. The number of carbonyl (C=O) groups is 1. The Morgan fingerprint density at radius 2 is 2.19 bits per heavy atom. The van der Waals surface area contributed by atoms with E-state index in [1.54, 1.807) is 0 Å². The van der Waals surface area contributed by atoms with Gasteiger partial charge >= 0.3 is 0 Å². The summed E-state index contributed by atoms with van der Waals surface area (Å²) in [5, 5.41) is 11.9. The van der Waals surface area contributed by atoms with Gasteiger partial charge in [0.2, 0.25) is 5.91 Å². The maximum Gasteiger partial charge on any atom is 0.234 e. The molecule has 0 spiro atoms. The van der Waals surface area contributed by atoms with E-state index in [0.717, 1.165) is 38.3 Å². The van der Waals surface area contributed by atoms with E-state index in [4.69, 9.17) is 5.26 Å². The highest BCUT2D eigenvalue weighted by molar-refractivity contribution is 5.78. The fourth-order valence-corrected chi connectivity index (χ4v) is 2.15. The minimum absolute atomic E-state index is 0.0552. The topological polar surface area (TPSA) is 56.1 Å². The number of hydrogen-bond donors (Lipinski definition) is 1. The number of rotatable bonds is 4. The quantitative estimate of drug-likeness (QED) is 0.767. The molecule has 4 nitrogen and oxygen atoms in total. The summed E-state index contributed by atoms with van der Waals surface area (Å²) < 4.78 is 0. The molecule has 1 amide bonds. The van der Waals surface area contributed by atoms with Crippen LogP contribution in [0.3, 0.4) is 0 Å². The maximum absolute atomic E-state index is 11.6. The van der Waals surface area contributed by atoms with E-state index in [-0.39, 0.29) is 11.9 Å². The first kappa shape index (κ1) is 11.4. The van der Waals surface area contributed by atoms with Gasteiger partial charge < -0.3 is 5.32 Å². The second kappa shape index (κ2) is 5.31. The van der Waals surface area contributed by atoms with Crippen molar-refractivity contribution < 1.29 is 4.79 Å². The minimum atomic E-state index is -0.0552. The van der Waals surface area contributed by atoms with E-state index < -0.39 is 0 Å². The lowest BCUT2D eigenvalue weighted by Crippen LogP contribution is -2.45. The van der Waals surface area contributed by atoms with Crippen LogP contribution in [-0.4, -0.2) is 36.5 Å². The number of piperidine rings is 1. The van der Waals surface area contributed by atoms with Crippen molar-refractivity contribution in [2.24, 2.45) is 5.92 Å². The smallest absolute Gasteiger partial charge is 0.234 e. The second-order valence-corrected chi connectivity index (χ2v) is 4.86. The fourth-order valence-electron chi connectivity index (χ4n) is 2.15. The van der Waals surface area contributed by atoms with E-state index in [0.29, 0.717) is 6.54 Å². The SMILES string of the molecule is N#CC1CCCCN1CC(=O)NCC1CC1. The molecule has 0 bridgehead atoms. The zero-order valence-electron chi connectivity index (χ0n) is 9.61. The number of hydrogen-bond acceptors (Lipinski definition) is 3. The molecule has 0 aromatic carbocycles. The van der Waals surface area contributed by atoms with Crippen molar-refractivity contribution in [2.45, 2.75) is 38.1 Å². The summed E-state index contributed by atoms with van der Waals surface area (Å²) in [4.78, 5) is 13.6. The molecule has 1 saturated carbocycles. The third kappa shape index (κ3) is 3.21. The van der Waals surface area contributed by atoms with Crippen molar-refractivity contribution in [3.05, 3.63) is 0 Å². The van der Waals surface area contributed by atoms with Crippen LogP contribution in [0.5, 0.6) is 0 Å². The first-order valence-corrected chi connectivity index (χ1v) is 6.20. The molecule has 0 aromatic rings. The molecule has 1 N–H and O–H groups in total. The molecule has 2 rings (SSSR count). The summed E-state index contributed by atoms with van der Waals surface area (Å²) in [6, 6.07) is 2.23. The molecule has 1 heterocycles. The highest BCUT2D eigenvalue weighted by atomic mass is 16.2. The molecular weight excluding hydrogens is 202 g/mol. The van der Waals surface area contributed by atoms with Crippen molar-refractivity contribution in [2.75, 3.05) is 19.6 Å². The third-order valence-electron chi connectivity index (χ3n) is 3.39. The van der Waals surface area contributed by atoms with Gasteiger partial charge in [0.25, 0.3) is 0 Å². The molecule has 4 heteroatoms. The van der Waals surface area contributed by atoms with E-state index in [2.05, 4.69) is 11.4 Å². The summed E-state index contributed by atoms with van der Waals surface area (Å²) in [6.45, 7) is 2.10. The van der Waals surface area contributed by atoms with Gasteiger partial charge in [0.1, 0.15) is 0 Å². The molecule has 2 fully saturated rings. The van der Waals surface area contributed by atoms with Crippen LogP contribution in [0.1, 0.15) is 32.1 Å². The minimum Gasteiger partial charge on any atom is -0.355 e. The normalized spacial score (nSPS) is 26.1. The first-order valence-electron chi connectivity index (χ1n) is 6.20. The molecular formula is C12H19N3O. The zero-order valence-corrected chi connectivity index (χ0v) is 9.61. The summed E-state index contributed by atoms with van der Waals surface area (Å²) in [5.74, 6) is 0.797. The van der Waals surface area contributed by atoms with Gasteiger partial charge in [0.15, 0.2) is 0 Å². The van der Waals surface area contributed by atoms with E-state index in [9.17, 15) is 4.79 Å². The Kier molecular flexibility index (Phi) is 3.79. The maximum atomic E-state index is 11.6. The van der Waals surface area contributed by atoms with Crippen molar-refractivity contribution in [1.29, 1.82) is 5.26 Å². The van der Waals surface area contributed by atoms with Gasteiger partial charge in [0.05, 0.1) is 18.7 Å². The van der Waals surface area contributed by atoms with Crippen molar-refractivity contribution in [1.82, 2.24) is 10.2 Å². The molecule has 1 unspecified atom stereocenters. The van der Waals surface area contributed by atoms with Crippen LogP contribution in [0, 0.1) is 17.2 Å². The number of likely N-dealkylation sites (tertiary alicyclic amines) is 1. The second-order valence-electron chi connectivity index (χ2n) is 4.86. The standard InChI is InChI=1S/C12H19N3O/c13-7-11-3-1-2-6-15(11)9-12(16)14-8-10-4-5-10/h10-11H,1-6,8-9H2,(H,14,16). The number of nitrogens with zero attached hydrogens (tertiary/aromatic N) is 2. The average molecular weight is 221 g/mol. The van der Waals surface area contributed by atoms with Gasteiger partial charge in [-0.3, -0.25) is 9.69 Å². The molecule has 88 valence electrons. The van der Waals surface area contributed by atoms with Crippen LogP contribution in [0.25, 0.3) is 0 Å². The Hall–Kier alpha value is -1.08. The number of nitriles is 1. The van der Waals surface area contributed by atoms with E-state index >= 15 is 0 Å². The Bertz CT molecular complexity index is 293. The van der Waals surface area contributed by atoms with Gasteiger partial charge in [-0.05, 0) is 44.6 Å². The number of carbonyl (C=O) groups excluding carboxylic acids is 1. The Labute approximate surface area is 96.6 Å². The number of nitrogens with one attached hydrogen (secondary N) is 1. The Morgan fingerprint density at radius 1 is 1.38 bits per heavy atom. The van der Waals surface area contributed by atoms with E-state index in [1.807, 2.05) is 4.90 Å². The molecule has 16 heavy (non-hydrogen) atoms. The predicted molar refractivity (Wildman–Crippen MR) is 60.6 cm³/mol. The van der Waals surface area contributed by atoms with Crippen molar-refractivity contribution >= 4 is 5.91 Å². The molecule has 1 saturated heterocycles. The first-order chi connectivity index (χ1) is 7.79. The summed E-state index contributed by atoms with van der Waals surface area (Å²) in [7, 11) is 0. The third-order valence-corrected chi connectivity index (χ3v) is 3.39. The van der Waals surface area contributed by atoms with E-state index in [1.165, 1.54) is 12.8 Å². The lowest BCUT2D eigenvalue weighted by Gasteiger charge is -2.30. The molecule has 0 radical (unpaired) electrons. The monoisotopic (exact) mass is 221 g/mol. The van der Waals surface area contributed by atoms with Crippen molar-refractivity contribution in [3.63, 3.8) is 0 Å². The summed E-state index contributed by atoms with van der Waals surface area (Å²) in [6.07, 6.45) is 5.63. The molecule has 1 atom stereocenters. The van der Waals surface area contributed by atoms with Crippen LogP contribution in [-0.2, 0) is 4.79 Å². The van der Waals surface area contributed by atoms with Crippen LogP contribution in [0.4, 0.5) is 0 Å². The van der Waals surface area contributed by atoms with Crippen molar-refractivity contribution in [3.8, 4) is 6.07 Å². The molecule has 2 aliphatic rings.